The molecule has 0 spiro atoms. The lowest BCUT2D eigenvalue weighted by Gasteiger charge is -2.38. The summed E-state index contributed by atoms with van der Waals surface area (Å²) in [5.74, 6) is -0.653. The Labute approximate surface area is 519 Å². The second-order valence-electron chi connectivity index (χ2n) is 21.3. The maximum Gasteiger partial charge on any atom is 0.368 e. The zero-order valence-corrected chi connectivity index (χ0v) is 53.9. The van der Waals surface area contributed by atoms with E-state index in [1.54, 1.807) is 73.7 Å². The van der Waals surface area contributed by atoms with Crippen molar-refractivity contribution in [3.8, 4) is 0 Å². The number of nitro groups is 1. The molecule has 7 unspecified atom stereocenters. The standard InChI is InChI=1S/C56H72N8O21P4S/c1-38-16-23-48(24-17-38)90(76,77)61-88(73,79-28-10-27-65)83-37-51-50(31-45(57)34-78-51)85-89(74,75)84-36-47(58-52(66)25-22-41-11-6-5-7-12-41)35-82-87(72,60-53-49-15-8-13-44-14-9-26-63(54(44)49)56(67)55(53)64(68)69)81-33-43-20-18-42(19-21-43)32-80-86(70,71)59-46-29-39(2)62(4)40(3)30-46/h5-8,11-13,15-21,23-24,29-30,45,47,50-51,65H,9-10,14,22,25-28,31-37,57H2,1-4H3,(H5-,58,66,70,71,72,73,74,75). The summed E-state index contributed by atoms with van der Waals surface area (Å²) < 4.78 is 101. The Morgan fingerprint density at radius 2 is 1.53 bits per heavy atom. The first-order valence-electron chi connectivity index (χ1n) is 28.3. The molecule has 29 nitrogen and oxygen atoms in total. The number of phosphoric acid groups is 1. The van der Waals surface area contributed by atoms with Gasteiger partial charge < -0.3 is 68.0 Å². The number of aromatic nitrogens is 2. The number of amides is 1. The molecule has 1 saturated heterocycles. The molecule has 1 amide bonds. The van der Waals surface area contributed by atoms with Crippen molar-refractivity contribution in [2.45, 2.75) is 108 Å². The van der Waals surface area contributed by atoms with Crippen LogP contribution in [0.1, 0.15) is 64.9 Å². The monoisotopic (exact) mass is 1350 g/mol. The molecule has 8 N–H and O–H groups in total. The van der Waals surface area contributed by atoms with Gasteiger partial charge in [-0.3, -0.25) is 37.8 Å². The Kier molecular flexibility index (Phi) is 24.1. The van der Waals surface area contributed by atoms with Crippen LogP contribution in [-0.4, -0.2) is 112 Å². The van der Waals surface area contributed by atoms with E-state index in [4.69, 9.17) is 42.1 Å². The van der Waals surface area contributed by atoms with E-state index in [0.717, 1.165) is 22.5 Å². The average Bonchev–Trinajstić information content (AvgIpc) is 0.746. The highest BCUT2D eigenvalue weighted by molar-refractivity contribution is 7.93. The minimum Gasteiger partial charge on any atom is -0.756 e. The van der Waals surface area contributed by atoms with Crippen LogP contribution < -0.4 is 26.1 Å². The van der Waals surface area contributed by atoms with E-state index in [1.165, 1.54) is 47.0 Å². The second-order valence-corrected chi connectivity index (χ2v) is 29.4. The SMILES string of the molecule is Cc1ccc(S(=O)(=O)N=P(O)(OCCCO)OCC2OCC(N)CC2OP(=O)([O-])OCC(COP(O)(=Nc2c([N+](=O)[O-])c(=O)n3c4c(cccc24)CCC3)OCc2ccc(COP(O)(O)=Nc3cc(C)[n+](C)c(C)c3)cc2)NC(=O)CCc2ccccc2)cc1. The summed E-state index contributed by atoms with van der Waals surface area (Å²) in [6, 6.07) is 26.5. The van der Waals surface area contributed by atoms with Crippen LogP contribution in [0, 0.1) is 30.9 Å². The number of aliphatic hydroxyl groups is 1. The normalized spacial score (nSPS) is 18.4. The molecule has 2 aliphatic heterocycles. The molecule has 6 aromatic rings. The number of hydrogen-bond donors (Lipinski definition) is 7. The second kappa shape index (κ2) is 30.9. The maximum atomic E-state index is 14.0. The number of ether oxygens (including phenoxy) is 1. The minimum atomic E-state index is -5.56. The number of para-hydroxylation sites is 1. The van der Waals surface area contributed by atoms with Gasteiger partial charge in [-0.1, -0.05) is 94.6 Å². The molecule has 2 aliphatic rings. The fourth-order valence-corrected chi connectivity index (χ4v) is 15.8. The lowest BCUT2D eigenvalue weighted by molar-refractivity contribution is -0.683. The largest absolute Gasteiger partial charge is 0.756 e. The van der Waals surface area contributed by atoms with Gasteiger partial charge in [-0.25, -0.2) is 4.57 Å². The summed E-state index contributed by atoms with van der Waals surface area (Å²) in [7, 11) is -22.2. The molecule has 4 aromatic carbocycles. The number of nitrogens with two attached hydrogens (primary N) is 1. The van der Waals surface area contributed by atoms with Gasteiger partial charge in [0.25, 0.3) is 17.8 Å². The number of benzene rings is 4. The average molecular weight is 1350 g/mol. The molecular formula is C56H72N8O21P4S. The number of carbonyl (C=O) groups is 1. The predicted molar refractivity (Wildman–Crippen MR) is 328 cm³/mol. The molecule has 2 aromatic heterocycles. The van der Waals surface area contributed by atoms with Crippen molar-refractivity contribution in [3.63, 3.8) is 0 Å². The van der Waals surface area contributed by atoms with Gasteiger partial charge >= 0.3 is 34.5 Å². The first kappa shape index (κ1) is 70.3. The molecule has 488 valence electrons. The van der Waals surface area contributed by atoms with Crippen LogP contribution in [0.5, 0.6) is 0 Å². The summed E-state index contributed by atoms with van der Waals surface area (Å²) in [6.45, 7) is 1.17. The number of carbonyl (C=O) groups excluding carboxylic acids is 1. The number of aryl methyl sites for hydroxylation is 6. The zero-order chi connectivity index (χ0) is 65.0. The Balaban J connectivity index is 1.06. The van der Waals surface area contributed by atoms with E-state index in [-0.39, 0.29) is 55.7 Å². The number of nitrogens with zero attached hydrogens (tertiary/aromatic N) is 6. The summed E-state index contributed by atoms with van der Waals surface area (Å²) in [4.78, 5) is 98.9. The molecular weight excluding hydrogens is 1280 g/mol. The van der Waals surface area contributed by atoms with Crippen LogP contribution in [0.15, 0.2) is 133 Å². The van der Waals surface area contributed by atoms with E-state index in [1.807, 2.05) is 25.5 Å². The first-order chi connectivity index (χ1) is 42.6. The van der Waals surface area contributed by atoms with E-state index in [2.05, 4.69) is 19.0 Å². The number of hydrogen-bond acceptors (Lipinski definition) is 20. The number of rotatable bonds is 30. The Morgan fingerprint density at radius 1 is 0.867 bits per heavy atom. The van der Waals surface area contributed by atoms with Gasteiger partial charge in [-0.15, -0.1) is 0 Å². The molecule has 4 heterocycles. The maximum absolute atomic E-state index is 14.0. The summed E-state index contributed by atoms with van der Waals surface area (Å²) in [6.07, 6.45) is -2.10. The highest BCUT2D eigenvalue weighted by Gasteiger charge is 2.38. The zero-order valence-electron chi connectivity index (χ0n) is 49.5. The van der Waals surface area contributed by atoms with Gasteiger partial charge in [0.05, 0.1) is 79.4 Å². The molecule has 0 saturated carbocycles. The fourth-order valence-electron chi connectivity index (χ4n) is 9.55. The van der Waals surface area contributed by atoms with Gasteiger partial charge in [0.1, 0.15) is 13.2 Å². The third-order valence-corrected chi connectivity index (χ3v) is 21.3. The number of nitrogens with one attached hydrogen (secondary N) is 1. The number of pyridine rings is 2. The van der Waals surface area contributed by atoms with Crippen molar-refractivity contribution in [2.75, 3.05) is 39.6 Å². The Morgan fingerprint density at radius 3 is 2.20 bits per heavy atom. The van der Waals surface area contributed by atoms with Crippen LogP contribution in [0.2, 0.25) is 0 Å². The van der Waals surface area contributed by atoms with Crippen molar-refractivity contribution >= 4 is 74.9 Å². The van der Waals surface area contributed by atoms with Crippen LogP contribution in [0.4, 0.5) is 17.1 Å². The molecule has 7 atom stereocenters. The predicted octanol–water partition coefficient (Wildman–Crippen LogP) is 7.04. The van der Waals surface area contributed by atoms with E-state index < -0.39 is 133 Å². The quantitative estimate of drug-likeness (QED) is 0.00781. The highest BCUT2D eigenvalue weighted by Crippen LogP contribution is 2.55. The summed E-state index contributed by atoms with van der Waals surface area (Å²) in [5.41, 5.74) is 8.85. The van der Waals surface area contributed by atoms with Crippen LogP contribution in [0.25, 0.3) is 10.9 Å². The molecule has 90 heavy (non-hydrogen) atoms. The van der Waals surface area contributed by atoms with Gasteiger partial charge in [0.15, 0.2) is 17.1 Å². The molecule has 34 heteroatoms. The minimum absolute atomic E-state index is 0.0542. The van der Waals surface area contributed by atoms with Gasteiger partial charge in [0, 0.05) is 57.0 Å². The number of sulfonamides is 1. The molecule has 0 radical (unpaired) electrons. The number of phosphoric ester groups is 1. The molecule has 1 fully saturated rings. The lowest BCUT2D eigenvalue weighted by Crippen LogP contribution is -2.48. The first-order valence-corrected chi connectivity index (χ1v) is 35.8. The van der Waals surface area contributed by atoms with Crippen molar-refractivity contribution in [2.24, 2.45) is 26.4 Å². The number of aliphatic hydroxyl groups excluding tert-OH is 1. The van der Waals surface area contributed by atoms with Crippen molar-refractivity contribution < 1.29 is 93.2 Å². The van der Waals surface area contributed by atoms with Crippen LogP contribution in [-0.2, 0) is 95.4 Å². The summed E-state index contributed by atoms with van der Waals surface area (Å²) >= 11 is 0. The van der Waals surface area contributed by atoms with E-state index >= 15 is 0 Å². The van der Waals surface area contributed by atoms with E-state index in [9.17, 15) is 62.3 Å². The van der Waals surface area contributed by atoms with Crippen molar-refractivity contribution in [1.29, 1.82) is 0 Å². The van der Waals surface area contributed by atoms with Gasteiger partial charge in [-0.05, 0) is 73.4 Å². The fraction of sp³-hybridized carbons (Fsp3) is 0.411. The Hall–Kier alpha value is -5.62. The lowest BCUT2D eigenvalue weighted by atomic mass is 10.00. The summed E-state index contributed by atoms with van der Waals surface area (Å²) in [5, 5.41) is 25.0. The topological polar surface area (TPSA) is 410 Å². The van der Waals surface area contributed by atoms with Gasteiger partial charge in [0.2, 0.25) is 5.91 Å². The third-order valence-electron chi connectivity index (χ3n) is 14.4. The van der Waals surface area contributed by atoms with Crippen molar-refractivity contribution in [1.82, 2.24) is 9.88 Å². The molecule has 0 aliphatic carbocycles. The molecule has 8 rings (SSSR count). The van der Waals surface area contributed by atoms with Gasteiger partial charge in [-0.2, -0.15) is 17.9 Å². The Bertz CT molecular complexity index is 3930. The highest BCUT2D eigenvalue weighted by atomic mass is 32.2. The van der Waals surface area contributed by atoms with Crippen molar-refractivity contribution in [3.05, 3.63) is 169 Å². The molecule has 0 bridgehead atoms. The van der Waals surface area contributed by atoms with Crippen LogP contribution in [0.3, 0.4) is 0 Å². The van der Waals surface area contributed by atoms with E-state index in [0.29, 0.717) is 40.7 Å². The third kappa shape index (κ3) is 19.5. The smallest absolute Gasteiger partial charge is 0.368 e. The van der Waals surface area contributed by atoms with Crippen LogP contribution >= 0.6 is 31.0 Å².